The van der Waals surface area contributed by atoms with Gasteiger partial charge in [0.15, 0.2) is 0 Å². The van der Waals surface area contributed by atoms with Crippen molar-refractivity contribution >= 4 is 34.7 Å². The van der Waals surface area contributed by atoms with Crippen LogP contribution in [0.15, 0.2) is 42.5 Å². The molecule has 108 valence electrons. The summed E-state index contributed by atoms with van der Waals surface area (Å²) in [6, 6.07) is 8.69. The predicted molar refractivity (Wildman–Crippen MR) is 77.1 cm³/mol. The molecule has 0 heterocycles. The maximum Gasteiger partial charge on any atom is 0.323 e. The van der Waals surface area contributed by atoms with Crippen LogP contribution in [0.25, 0.3) is 0 Å². The van der Waals surface area contributed by atoms with Crippen LogP contribution in [0.4, 0.5) is 26.2 Å². The third-order valence-corrected chi connectivity index (χ3v) is 2.87. The van der Waals surface area contributed by atoms with Gasteiger partial charge in [-0.3, -0.25) is 10.1 Å². The van der Waals surface area contributed by atoms with E-state index in [0.29, 0.717) is 0 Å². The van der Waals surface area contributed by atoms with Crippen LogP contribution in [0.3, 0.4) is 0 Å². The van der Waals surface area contributed by atoms with Crippen LogP contribution in [-0.4, -0.2) is 11.0 Å². The lowest BCUT2D eigenvalue weighted by Crippen LogP contribution is -2.21. The average molecular weight is 310 g/mol. The Bertz CT molecular complexity index is 689. The Morgan fingerprint density at radius 3 is 2.52 bits per heavy atom. The van der Waals surface area contributed by atoms with Gasteiger partial charge in [0.25, 0.3) is 5.69 Å². The number of nitrogens with zero attached hydrogens (tertiary/aromatic N) is 1. The maximum atomic E-state index is 13.5. The Morgan fingerprint density at radius 2 is 1.86 bits per heavy atom. The Kier molecular flexibility index (Phi) is 4.34. The number of carbonyl (C=O) groups excluding carboxylic acids is 1. The van der Waals surface area contributed by atoms with E-state index < -0.39 is 16.8 Å². The second kappa shape index (κ2) is 6.19. The van der Waals surface area contributed by atoms with Crippen molar-refractivity contribution in [1.82, 2.24) is 0 Å². The van der Waals surface area contributed by atoms with E-state index in [9.17, 15) is 19.3 Å². The SMILES string of the molecule is O=C(Nc1ccccc1[N+](=O)[O-])Nc1c(F)cccc1Cl. The van der Waals surface area contributed by atoms with Crippen molar-refractivity contribution in [2.45, 2.75) is 0 Å². The second-order valence-electron chi connectivity index (χ2n) is 3.95. The van der Waals surface area contributed by atoms with Crippen LogP contribution >= 0.6 is 11.6 Å². The number of nitro groups is 1. The van der Waals surface area contributed by atoms with Crippen LogP contribution in [0, 0.1) is 15.9 Å². The van der Waals surface area contributed by atoms with Gasteiger partial charge in [0.05, 0.1) is 15.6 Å². The lowest BCUT2D eigenvalue weighted by atomic mass is 10.2. The molecule has 6 nitrogen and oxygen atoms in total. The molecule has 0 aromatic heterocycles. The molecule has 2 N–H and O–H groups in total. The van der Waals surface area contributed by atoms with E-state index in [-0.39, 0.29) is 22.1 Å². The third kappa shape index (κ3) is 3.46. The van der Waals surface area contributed by atoms with E-state index in [4.69, 9.17) is 11.6 Å². The van der Waals surface area contributed by atoms with Crippen molar-refractivity contribution in [3.05, 3.63) is 63.4 Å². The number of benzene rings is 2. The first-order valence-electron chi connectivity index (χ1n) is 5.74. The monoisotopic (exact) mass is 309 g/mol. The van der Waals surface area contributed by atoms with Gasteiger partial charge in [0.1, 0.15) is 11.5 Å². The number of hydrogen-bond donors (Lipinski definition) is 2. The Morgan fingerprint density at radius 1 is 1.14 bits per heavy atom. The van der Waals surface area contributed by atoms with E-state index in [0.717, 1.165) is 6.07 Å². The van der Waals surface area contributed by atoms with Gasteiger partial charge in [-0.25, -0.2) is 9.18 Å². The number of para-hydroxylation sites is 3. The van der Waals surface area contributed by atoms with Gasteiger partial charge in [-0.1, -0.05) is 29.8 Å². The fourth-order valence-electron chi connectivity index (χ4n) is 1.62. The van der Waals surface area contributed by atoms with Gasteiger partial charge in [-0.15, -0.1) is 0 Å². The van der Waals surface area contributed by atoms with Crippen LogP contribution in [-0.2, 0) is 0 Å². The van der Waals surface area contributed by atoms with E-state index in [1.54, 1.807) is 0 Å². The minimum absolute atomic E-state index is 0.00698. The summed E-state index contributed by atoms with van der Waals surface area (Å²) in [4.78, 5) is 22.0. The van der Waals surface area contributed by atoms with Gasteiger partial charge in [0, 0.05) is 6.07 Å². The Hall–Kier alpha value is -2.67. The molecule has 0 bridgehead atoms. The quantitative estimate of drug-likeness (QED) is 0.663. The molecule has 21 heavy (non-hydrogen) atoms. The standard InChI is InChI=1S/C13H9ClFN3O3/c14-8-4-3-5-9(15)12(8)17-13(19)16-10-6-1-2-7-11(10)18(20)21/h1-7H,(H2,16,17,19). The molecule has 0 radical (unpaired) electrons. The predicted octanol–water partition coefficient (Wildman–Crippen LogP) is 4.03. The summed E-state index contributed by atoms with van der Waals surface area (Å²) >= 11 is 5.77. The number of nitrogens with one attached hydrogen (secondary N) is 2. The molecule has 0 aliphatic rings. The number of amides is 2. The molecule has 8 heteroatoms. The number of anilines is 2. The first-order valence-corrected chi connectivity index (χ1v) is 6.12. The highest BCUT2D eigenvalue weighted by atomic mass is 35.5. The molecular weight excluding hydrogens is 301 g/mol. The van der Waals surface area contributed by atoms with Gasteiger partial charge in [0.2, 0.25) is 0 Å². The Balaban J connectivity index is 2.18. The summed E-state index contributed by atoms with van der Waals surface area (Å²) in [7, 11) is 0. The number of rotatable bonds is 3. The van der Waals surface area contributed by atoms with Crippen molar-refractivity contribution < 1.29 is 14.1 Å². The number of halogens is 2. The number of carbonyl (C=O) groups is 1. The lowest BCUT2D eigenvalue weighted by molar-refractivity contribution is -0.383. The molecule has 0 fully saturated rings. The van der Waals surface area contributed by atoms with E-state index in [1.165, 1.54) is 36.4 Å². The van der Waals surface area contributed by atoms with E-state index in [2.05, 4.69) is 10.6 Å². The average Bonchev–Trinajstić information content (AvgIpc) is 2.43. The number of nitro benzene ring substituents is 1. The molecule has 2 aromatic carbocycles. The van der Waals surface area contributed by atoms with Gasteiger partial charge in [-0.05, 0) is 18.2 Å². The van der Waals surface area contributed by atoms with Crippen molar-refractivity contribution in [1.29, 1.82) is 0 Å². The Labute approximate surface area is 123 Å². The third-order valence-electron chi connectivity index (χ3n) is 2.55. The molecule has 0 spiro atoms. The molecule has 2 aromatic rings. The molecule has 0 atom stereocenters. The molecule has 0 aliphatic heterocycles. The summed E-state index contributed by atoms with van der Waals surface area (Å²) in [6.45, 7) is 0. The summed E-state index contributed by atoms with van der Waals surface area (Å²) in [5.74, 6) is -0.708. The molecular formula is C13H9ClFN3O3. The molecule has 0 unspecified atom stereocenters. The highest BCUT2D eigenvalue weighted by Gasteiger charge is 2.16. The zero-order valence-corrected chi connectivity index (χ0v) is 11.2. The van der Waals surface area contributed by atoms with Crippen LogP contribution in [0.1, 0.15) is 0 Å². The zero-order chi connectivity index (χ0) is 15.4. The fourth-order valence-corrected chi connectivity index (χ4v) is 1.83. The number of urea groups is 1. The maximum absolute atomic E-state index is 13.5. The fraction of sp³-hybridized carbons (Fsp3) is 0. The van der Waals surface area contributed by atoms with Gasteiger partial charge >= 0.3 is 6.03 Å². The number of hydrogen-bond acceptors (Lipinski definition) is 3. The highest BCUT2D eigenvalue weighted by molar-refractivity contribution is 6.33. The van der Waals surface area contributed by atoms with E-state index in [1.807, 2.05) is 0 Å². The zero-order valence-electron chi connectivity index (χ0n) is 10.5. The first kappa shape index (κ1) is 14.7. The van der Waals surface area contributed by atoms with Crippen LogP contribution in [0.2, 0.25) is 5.02 Å². The second-order valence-corrected chi connectivity index (χ2v) is 4.36. The highest BCUT2D eigenvalue weighted by Crippen LogP contribution is 2.26. The lowest BCUT2D eigenvalue weighted by Gasteiger charge is -2.09. The molecule has 2 rings (SSSR count). The molecule has 0 saturated heterocycles. The minimum atomic E-state index is -0.837. The smallest absolute Gasteiger partial charge is 0.304 e. The van der Waals surface area contributed by atoms with Crippen molar-refractivity contribution in [2.24, 2.45) is 0 Å². The van der Waals surface area contributed by atoms with Gasteiger partial charge < -0.3 is 10.6 Å². The molecule has 0 aliphatic carbocycles. The van der Waals surface area contributed by atoms with Crippen molar-refractivity contribution in [3.63, 3.8) is 0 Å². The van der Waals surface area contributed by atoms with Crippen molar-refractivity contribution in [3.8, 4) is 0 Å². The molecule has 0 saturated carbocycles. The minimum Gasteiger partial charge on any atom is -0.304 e. The topological polar surface area (TPSA) is 84.3 Å². The summed E-state index contributed by atoms with van der Waals surface area (Å²) in [5.41, 5.74) is -0.477. The first-order chi connectivity index (χ1) is 9.99. The summed E-state index contributed by atoms with van der Waals surface area (Å²) < 4.78 is 13.5. The summed E-state index contributed by atoms with van der Waals surface area (Å²) in [5, 5.41) is 15.3. The summed E-state index contributed by atoms with van der Waals surface area (Å²) in [6.07, 6.45) is 0. The van der Waals surface area contributed by atoms with Crippen molar-refractivity contribution in [2.75, 3.05) is 10.6 Å². The van der Waals surface area contributed by atoms with Crippen LogP contribution < -0.4 is 10.6 Å². The largest absolute Gasteiger partial charge is 0.323 e. The van der Waals surface area contributed by atoms with E-state index >= 15 is 0 Å². The van der Waals surface area contributed by atoms with Crippen LogP contribution in [0.5, 0.6) is 0 Å². The van der Waals surface area contributed by atoms with Gasteiger partial charge in [-0.2, -0.15) is 0 Å². The molecule has 2 amide bonds. The normalized spacial score (nSPS) is 10.0.